The lowest BCUT2D eigenvalue weighted by Gasteiger charge is -2.58. The second-order valence-corrected chi connectivity index (χ2v) is 12.0. The Balaban J connectivity index is 1.45. The molecular formula is C31H50O3. The molecule has 0 heterocycles. The smallest absolute Gasteiger partial charge is 0.306 e. The van der Waals surface area contributed by atoms with Crippen molar-refractivity contribution in [2.75, 3.05) is 0 Å². The van der Waals surface area contributed by atoms with E-state index in [2.05, 4.69) is 20.8 Å². The number of unbranched alkanes of at least 4 members (excludes halogenated alkanes) is 7. The van der Waals surface area contributed by atoms with E-state index in [1.165, 1.54) is 38.5 Å². The molecule has 8 atom stereocenters. The molecule has 192 valence electrons. The molecule has 3 unspecified atom stereocenters. The van der Waals surface area contributed by atoms with Gasteiger partial charge in [0.2, 0.25) is 0 Å². The molecule has 0 radical (unpaired) electrons. The van der Waals surface area contributed by atoms with Crippen molar-refractivity contribution in [3.8, 4) is 0 Å². The minimum atomic E-state index is -2.13. The van der Waals surface area contributed by atoms with E-state index in [0.29, 0.717) is 6.42 Å². The third-order valence-corrected chi connectivity index (χ3v) is 9.69. The first-order valence-electron chi connectivity index (χ1n) is 16.7. The van der Waals surface area contributed by atoms with Crippen LogP contribution in [0.5, 0.6) is 0 Å². The van der Waals surface area contributed by atoms with Crippen LogP contribution in [-0.2, 0) is 14.3 Å². The fourth-order valence-electron chi connectivity index (χ4n) is 8.16. The van der Waals surface area contributed by atoms with E-state index >= 15 is 0 Å². The topological polar surface area (TPSA) is 43.4 Å². The zero-order chi connectivity index (χ0) is 28.8. The van der Waals surface area contributed by atoms with E-state index in [4.69, 9.17) is 11.6 Å². The summed E-state index contributed by atoms with van der Waals surface area (Å²) >= 11 is 0. The molecule has 0 bridgehead atoms. The SMILES string of the molecule is [2H]C1=C2[C@H](CC([2H])([2H])C1=O)C1C(C3CC[C@H](OC(=O)CCCCCCCCCC)[C@@]3(C)C[C@@H]1C)[C@H](C)C2([2H])[2H]. The Kier molecular flexibility index (Phi) is 6.64. The number of ketones is 1. The first-order valence-corrected chi connectivity index (χ1v) is 14.2. The molecule has 3 saturated carbocycles. The van der Waals surface area contributed by atoms with Gasteiger partial charge < -0.3 is 4.74 Å². The summed E-state index contributed by atoms with van der Waals surface area (Å²) in [5.41, 5.74) is -0.00728. The molecule has 0 aromatic heterocycles. The number of fused-ring (bicyclic) bond motifs is 5. The molecule has 0 aromatic carbocycles. The Hall–Kier alpha value is -1.12. The van der Waals surface area contributed by atoms with Crippen molar-refractivity contribution in [3.05, 3.63) is 11.6 Å². The van der Waals surface area contributed by atoms with Gasteiger partial charge in [-0.3, -0.25) is 9.59 Å². The number of esters is 1. The lowest BCUT2D eigenvalue weighted by molar-refractivity contribution is -0.162. The second-order valence-electron chi connectivity index (χ2n) is 12.0. The Morgan fingerprint density at radius 1 is 1.06 bits per heavy atom. The van der Waals surface area contributed by atoms with E-state index in [-0.39, 0.29) is 53.2 Å². The highest BCUT2D eigenvalue weighted by molar-refractivity contribution is 5.91. The number of hydrogen-bond acceptors (Lipinski definition) is 3. The molecule has 0 N–H and O–H groups in total. The summed E-state index contributed by atoms with van der Waals surface area (Å²) < 4.78 is 49.4. The van der Waals surface area contributed by atoms with Gasteiger partial charge in [0, 0.05) is 23.7 Å². The quantitative estimate of drug-likeness (QED) is 0.237. The molecule has 0 saturated heterocycles. The van der Waals surface area contributed by atoms with Crippen LogP contribution in [-0.4, -0.2) is 17.9 Å². The van der Waals surface area contributed by atoms with Crippen LogP contribution in [0.3, 0.4) is 0 Å². The zero-order valence-corrected chi connectivity index (χ0v) is 22.0. The van der Waals surface area contributed by atoms with Crippen LogP contribution in [0.1, 0.15) is 131 Å². The van der Waals surface area contributed by atoms with Crippen LogP contribution in [0.15, 0.2) is 11.6 Å². The monoisotopic (exact) mass is 475 g/mol. The fraction of sp³-hybridized carbons (Fsp3) is 0.871. The zero-order valence-electron chi connectivity index (χ0n) is 27.0. The molecule has 4 aliphatic carbocycles. The van der Waals surface area contributed by atoms with E-state index < -0.39 is 36.4 Å². The van der Waals surface area contributed by atoms with Crippen molar-refractivity contribution in [1.82, 2.24) is 0 Å². The molecule has 3 fully saturated rings. The van der Waals surface area contributed by atoms with Crippen molar-refractivity contribution < 1.29 is 21.2 Å². The van der Waals surface area contributed by atoms with Gasteiger partial charge in [0.05, 0.1) is 1.37 Å². The third kappa shape index (κ3) is 5.34. The van der Waals surface area contributed by atoms with Crippen LogP contribution in [0.4, 0.5) is 0 Å². The van der Waals surface area contributed by atoms with Crippen LogP contribution in [0.2, 0.25) is 0 Å². The minimum absolute atomic E-state index is 0.00397. The minimum Gasteiger partial charge on any atom is -0.462 e. The van der Waals surface area contributed by atoms with Gasteiger partial charge in [-0.1, -0.05) is 78.2 Å². The van der Waals surface area contributed by atoms with Gasteiger partial charge >= 0.3 is 5.97 Å². The Bertz CT molecular complexity index is 962. The maximum Gasteiger partial charge on any atom is 0.306 e. The summed E-state index contributed by atoms with van der Waals surface area (Å²) in [5.74, 6) is -1.49. The fourth-order valence-corrected chi connectivity index (χ4v) is 8.16. The summed E-state index contributed by atoms with van der Waals surface area (Å²) in [6.07, 6.45) is 8.22. The number of hydrogen-bond donors (Lipinski definition) is 0. The van der Waals surface area contributed by atoms with E-state index in [9.17, 15) is 9.59 Å². The van der Waals surface area contributed by atoms with Crippen LogP contribution in [0, 0.1) is 40.9 Å². The molecule has 34 heavy (non-hydrogen) atoms. The maximum absolute atomic E-state index is 12.9. The normalized spacial score (nSPS) is 44.5. The van der Waals surface area contributed by atoms with E-state index in [1.54, 1.807) is 0 Å². The summed E-state index contributed by atoms with van der Waals surface area (Å²) in [4.78, 5) is 25.5. The Morgan fingerprint density at radius 2 is 1.76 bits per heavy atom. The lowest BCUT2D eigenvalue weighted by Crippen LogP contribution is -2.54. The van der Waals surface area contributed by atoms with E-state index in [0.717, 1.165) is 32.1 Å². The summed E-state index contributed by atoms with van der Waals surface area (Å²) in [6, 6.07) is -0.439. The van der Waals surface area contributed by atoms with E-state index in [1.807, 2.05) is 6.92 Å². The van der Waals surface area contributed by atoms with Crippen molar-refractivity contribution in [3.63, 3.8) is 0 Å². The molecule has 0 aromatic rings. The van der Waals surface area contributed by atoms with Crippen LogP contribution < -0.4 is 0 Å². The largest absolute Gasteiger partial charge is 0.462 e. The summed E-state index contributed by atoms with van der Waals surface area (Å²) in [6.45, 7) is 8.53. The van der Waals surface area contributed by atoms with Gasteiger partial charge in [-0.05, 0) is 80.0 Å². The maximum atomic E-state index is 12.9. The highest BCUT2D eigenvalue weighted by Crippen LogP contribution is 2.65. The summed E-state index contributed by atoms with van der Waals surface area (Å²) in [7, 11) is 0. The van der Waals surface area contributed by atoms with Crippen molar-refractivity contribution in [1.29, 1.82) is 0 Å². The Morgan fingerprint density at radius 3 is 2.50 bits per heavy atom. The van der Waals surface area contributed by atoms with Gasteiger partial charge in [0.15, 0.2) is 5.78 Å². The number of allylic oxidation sites excluding steroid dienone is 1. The first kappa shape index (κ1) is 20.0. The third-order valence-electron chi connectivity index (χ3n) is 9.69. The van der Waals surface area contributed by atoms with Crippen molar-refractivity contribution in [2.24, 2.45) is 40.9 Å². The predicted molar refractivity (Wildman–Crippen MR) is 138 cm³/mol. The van der Waals surface area contributed by atoms with Gasteiger partial charge in [-0.15, -0.1) is 0 Å². The standard InChI is InChI=1S/C31H50O3/c1-5-6-7-8-9-10-11-12-13-28(33)34-27-17-16-26-30-21(2)18-23-19-24(32)14-15-25(23)29(30)22(3)20-31(26,27)4/h19,21-22,25-27,29-30H,5-18,20H2,1-4H3/t21-,22+,25+,26?,27+,29?,30?,31+/m1/s1/i14D2,18D2,19D. The molecule has 0 amide bonds. The number of ether oxygens (including phenoxy) is 1. The highest BCUT2D eigenvalue weighted by atomic mass is 16.5. The molecule has 0 aliphatic heterocycles. The lowest BCUT2D eigenvalue weighted by atomic mass is 9.47. The number of carbonyl (C=O) groups excluding carboxylic acids is 2. The molecular weight excluding hydrogens is 420 g/mol. The first-order chi connectivity index (χ1) is 18.3. The molecule has 3 nitrogen and oxygen atoms in total. The number of rotatable bonds is 10. The predicted octanol–water partition coefficient (Wildman–Crippen LogP) is 8.06. The molecule has 4 rings (SSSR count). The van der Waals surface area contributed by atoms with Gasteiger partial charge in [0.25, 0.3) is 0 Å². The highest BCUT2D eigenvalue weighted by Gasteiger charge is 2.60. The van der Waals surface area contributed by atoms with Gasteiger partial charge in [0.1, 0.15) is 6.10 Å². The van der Waals surface area contributed by atoms with Crippen LogP contribution >= 0.6 is 0 Å². The Labute approximate surface area is 215 Å². The average Bonchev–Trinajstić information content (AvgIpc) is 3.16. The van der Waals surface area contributed by atoms with Crippen LogP contribution in [0.25, 0.3) is 0 Å². The molecule has 3 heteroatoms. The van der Waals surface area contributed by atoms with Gasteiger partial charge in [-0.25, -0.2) is 0 Å². The van der Waals surface area contributed by atoms with Crippen molar-refractivity contribution >= 4 is 11.8 Å². The molecule has 0 spiro atoms. The number of carbonyl (C=O) groups is 2. The van der Waals surface area contributed by atoms with Crippen molar-refractivity contribution in [2.45, 2.75) is 130 Å². The summed E-state index contributed by atoms with van der Waals surface area (Å²) in [5, 5.41) is 0. The van der Waals surface area contributed by atoms with Gasteiger partial charge in [-0.2, -0.15) is 0 Å². The second kappa shape index (κ2) is 11.3. The average molecular weight is 476 g/mol. The molecule has 4 aliphatic rings.